The molecule has 0 aromatic carbocycles. The van der Waals surface area contributed by atoms with Crippen molar-refractivity contribution in [2.45, 2.75) is 38.3 Å². The molecule has 0 saturated heterocycles. The van der Waals surface area contributed by atoms with Gasteiger partial charge in [-0.3, -0.25) is 14.4 Å². The third kappa shape index (κ3) is 1.79. The molecule has 18 heavy (non-hydrogen) atoms. The Labute approximate surface area is 109 Å². The van der Waals surface area contributed by atoms with E-state index in [-0.39, 0.29) is 23.9 Å². The van der Waals surface area contributed by atoms with Crippen LogP contribution in [0.3, 0.4) is 0 Å². The maximum absolute atomic E-state index is 12.2. The first-order chi connectivity index (χ1) is 8.66. The Morgan fingerprint density at radius 1 is 1.22 bits per heavy atom. The van der Waals surface area contributed by atoms with E-state index in [0.29, 0.717) is 25.8 Å². The lowest BCUT2D eigenvalue weighted by Gasteiger charge is -2.25. The molecule has 1 saturated carbocycles. The molecule has 4 nitrogen and oxygen atoms in total. The van der Waals surface area contributed by atoms with Crippen molar-refractivity contribution in [3.8, 4) is 0 Å². The smallest absolute Gasteiger partial charge is 0.255 e. The molecule has 0 bridgehead atoms. The molecule has 1 aromatic rings. The van der Waals surface area contributed by atoms with Gasteiger partial charge in [0.05, 0.1) is 18.0 Å². The molecular weight excluding hydrogens is 250 g/mol. The van der Waals surface area contributed by atoms with Crippen LogP contribution in [0.15, 0.2) is 10.8 Å². The van der Waals surface area contributed by atoms with Crippen LogP contribution in [0.4, 0.5) is 0 Å². The highest BCUT2D eigenvalue weighted by Gasteiger charge is 2.37. The number of hydrogen-bond acceptors (Lipinski definition) is 4. The Bertz CT molecular complexity index is 534. The van der Waals surface area contributed by atoms with Gasteiger partial charge in [0, 0.05) is 18.3 Å². The summed E-state index contributed by atoms with van der Waals surface area (Å²) >= 11 is 1.51. The Balaban J connectivity index is 1.84. The predicted octanol–water partition coefficient (Wildman–Crippen LogP) is 1.78. The number of thiophene rings is 1. The summed E-state index contributed by atoms with van der Waals surface area (Å²) in [6.07, 6.45) is 1.77. The molecule has 1 aliphatic carbocycles. The SMILES string of the molecule is O=C1CCC[C@H](N2Cc3cscc3C2=O)C(=O)C1. The summed E-state index contributed by atoms with van der Waals surface area (Å²) in [4.78, 5) is 37.2. The second-order valence-electron chi connectivity index (χ2n) is 4.83. The Morgan fingerprint density at radius 2 is 2.06 bits per heavy atom. The van der Waals surface area contributed by atoms with E-state index in [2.05, 4.69) is 0 Å². The van der Waals surface area contributed by atoms with Gasteiger partial charge in [0.2, 0.25) is 0 Å². The van der Waals surface area contributed by atoms with Crippen LogP contribution in [0.1, 0.15) is 41.6 Å². The van der Waals surface area contributed by atoms with Crippen LogP contribution in [0.2, 0.25) is 0 Å². The lowest BCUT2D eigenvalue weighted by atomic mass is 10.1. The quantitative estimate of drug-likeness (QED) is 0.573. The monoisotopic (exact) mass is 263 g/mol. The van der Waals surface area contributed by atoms with E-state index < -0.39 is 6.04 Å². The minimum atomic E-state index is -0.402. The van der Waals surface area contributed by atoms with Crippen LogP contribution < -0.4 is 0 Å². The summed E-state index contributed by atoms with van der Waals surface area (Å²) in [5.41, 5.74) is 1.73. The van der Waals surface area contributed by atoms with E-state index in [9.17, 15) is 14.4 Å². The average Bonchev–Trinajstić information content (AvgIpc) is 2.84. The molecule has 0 radical (unpaired) electrons. The molecule has 1 aliphatic heterocycles. The molecule has 2 aliphatic rings. The van der Waals surface area contributed by atoms with E-state index in [1.165, 1.54) is 11.3 Å². The molecule has 94 valence electrons. The zero-order chi connectivity index (χ0) is 12.7. The van der Waals surface area contributed by atoms with Crippen molar-refractivity contribution in [3.05, 3.63) is 21.9 Å². The number of nitrogens with zero attached hydrogens (tertiary/aromatic N) is 1. The highest BCUT2D eigenvalue weighted by Crippen LogP contribution is 2.30. The van der Waals surface area contributed by atoms with Gasteiger partial charge in [-0.1, -0.05) is 0 Å². The van der Waals surface area contributed by atoms with Crippen molar-refractivity contribution in [3.63, 3.8) is 0 Å². The van der Waals surface area contributed by atoms with Crippen molar-refractivity contribution in [2.24, 2.45) is 0 Å². The zero-order valence-electron chi connectivity index (χ0n) is 9.85. The summed E-state index contributed by atoms with van der Waals surface area (Å²) in [6.45, 7) is 0.516. The Morgan fingerprint density at radius 3 is 2.83 bits per heavy atom. The number of carbonyl (C=O) groups excluding carboxylic acids is 3. The van der Waals surface area contributed by atoms with E-state index in [1.807, 2.05) is 10.8 Å². The van der Waals surface area contributed by atoms with Gasteiger partial charge in [-0.25, -0.2) is 0 Å². The van der Waals surface area contributed by atoms with E-state index >= 15 is 0 Å². The summed E-state index contributed by atoms with van der Waals surface area (Å²) in [7, 11) is 0. The van der Waals surface area contributed by atoms with Gasteiger partial charge in [0.25, 0.3) is 5.91 Å². The van der Waals surface area contributed by atoms with Gasteiger partial charge >= 0.3 is 0 Å². The Hall–Kier alpha value is -1.49. The van der Waals surface area contributed by atoms with Crippen molar-refractivity contribution in [2.75, 3.05) is 0 Å². The van der Waals surface area contributed by atoms with Crippen molar-refractivity contribution in [1.29, 1.82) is 0 Å². The topological polar surface area (TPSA) is 54.5 Å². The number of fused-ring (bicyclic) bond motifs is 1. The van der Waals surface area contributed by atoms with Crippen LogP contribution in [0.25, 0.3) is 0 Å². The molecule has 1 fully saturated rings. The number of carbonyl (C=O) groups is 3. The average molecular weight is 263 g/mol. The highest BCUT2D eigenvalue weighted by atomic mass is 32.1. The predicted molar refractivity (Wildman–Crippen MR) is 66.5 cm³/mol. The van der Waals surface area contributed by atoms with E-state index in [0.717, 1.165) is 11.1 Å². The zero-order valence-corrected chi connectivity index (χ0v) is 10.7. The summed E-state index contributed by atoms with van der Waals surface area (Å²) in [5.74, 6) is -0.151. The van der Waals surface area contributed by atoms with Crippen LogP contribution in [-0.4, -0.2) is 28.4 Å². The molecule has 0 unspecified atom stereocenters. The third-order valence-electron chi connectivity index (χ3n) is 3.63. The highest BCUT2D eigenvalue weighted by molar-refractivity contribution is 7.08. The van der Waals surface area contributed by atoms with Gasteiger partial charge in [0.15, 0.2) is 5.78 Å². The van der Waals surface area contributed by atoms with Crippen LogP contribution in [-0.2, 0) is 16.1 Å². The standard InChI is InChI=1S/C13H13NO3S/c15-9-2-1-3-11(12(16)4-9)14-5-8-6-18-7-10(8)13(14)17/h6-7,11H,1-5H2/t11-/m0/s1. The second-order valence-corrected chi connectivity index (χ2v) is 5.58. The first kappa shape index (κ1) is 11.6. The van der Waals surface area contributed by atoms with Crippen molar-refractivity contribution >= 4 is 28.8 Å². The first-order valence-electron chi connectivity index (χ1n) is 6.07. The maximum Gasteiger partial charge on any atom is 0.255 e. The molecule has 0 N–H and O–H groups in total. The van der Waals surface area contributed by atoms with Gasteiger partial charge < -0.3 is 4.90 Å². The molecule has 1 atom stereocenters. The first-order valence-corrected chi connectivity index (χ1v) is 7.01. The number of Topliss-reactive ketones (excluding diaryl/α,β-unsaturated/α-hetero) is 2. The summed E-state index contributed by atoms with van der Waals surface area (Å²) < 4.78 is 0. The molecule has 3 rings (SSSR count). The molecule has 5 heteroatoms. The van der Waals surface area contributed by atoms with Crippen LogP contribution in [0, 0.1) is 0 Å². The Kier molecular flexibility index (Phi) is 2.78. The van der Waals surface area contributed by atoms with Gasteiger partial charge in [0.1, 0.15) is 5.78 Å². The fourth-order valence-electron chi connectivity index (χ4n) is 2.68. The van der Waals surface area contributed by atoms with E-state index in [1.54, 1.807) is 4.90 Å². The lowest BCUT2D eigenvalue weighted by Crippen LogP contribution is -2.41. The summed E-state index contributed by atoms with van der Waals surface area (Å²) in [6, 6.07) is -0.402. The fraction of sp³-hybridized carbons (Fsp3) is 0.462. The minimum absolute atomic E-state index is 0.00308. The number of amides is 1. The third-order valence-corrected chi connectivity index (χ3v) is 4.42. The number of rotatable bonds is 1. The number of ketones is 2. The van der Waals surface area contributed by atoms with Gasteiger partial charge in [-0.2, -0.15) is 11.3 Å². The molecule has 0 spiro atoms. The lowest BCUT2D eigenvalue weighted by molar-refractivity contribution is -0.128. The minimum Gasteiger partial charge on any atom is -0.324 e. The number of hydrogen-bond donors (Lipinski definition) is 0. The van der Waals surface area contributed by atoms with E-state index in [4.69, 9.17) is 0 Å². The van der Waals surface area contributed by atoms with Crippen LogP contribution >= 0.6 is 11.3 Å². The van der Waals surface area contributed by atoms with Crippen molar-refractivity contribution in [1.82, 2.24) is 4.90 Å². The van der Waals surface area contributed by atoms with Gasteiger partial charge in [-0.15, -0.1) is 0 Å². The molecule has 1 amide bonds. The fourth-order valence-corrected chi connectivity index (χ4v) is 3.50. The van der Waals surface area contributed by atoms with Crippen LogP contribution in [0.5, 0.6) is 0 Å². The van der Waals surface area contributed by atoms with Crippen molar-refractivity contribution < 1.29 is 14.4 Å². The maximum atomic E-state index is 12.2. The molecule has 1 aromatic heterocycles. The second kappa shape index (κ2) is 4.31. The summed E-state index contributed by atoms with van der Waals surface area (Å²) in [5, 5.41) is 3.80. The normalized spacial score (nSPS) is 24.3. The molecular formula is C13H13NO3S. The molecule has 2 heterocycles. The van der Waals surface area contributed by atoms with Gasteiger partial charge in [-0.05, 0) is 23.8 Å². The largest absolute Gasteiger partial charge is 0.324 e.